The zero-order valence-corrected chi connectivity index (χ0v) is 26.6. The van der Waals surface area contributed by atoms with Crippen LogP contribution in [0.15, 0.2) is 103 Å². The van der Waals surface area contributed by atoms with Gasteiger partial charge in [-0.1, -0.05) is 0 Å². The second-order valence-corrected chi connectivity index (χ2v) is 15.4. The molecule has 4 aliphatic rings. The van der Waals surface area contributed by atoms with E-state index in [9.17, 15) is 0 Å². The summed E-state index contributed by atoms with van der Waals surface area (Å²) in [5.41, 5.74) is 9.69. The number of hydrogen-bond acceptors (Lipinski definition) is 0. The van der Waals surface area contributed by atoms with Crippen LogP contribution in [0.5, 0.6) is 0 Å². The molecule has 0 amide bonds. The molecule has 4 aliphatic carbocycles. The summed E-state index contributed by atoms with van der Waals surface area (Å²) >= 11 is -0.919. The molecule has 0 radical (unpaired) electrons. The first kappa shape index (κ1) is 27.0. The van der Waals surface area contributed by atoms with E-state index in [0.29, 0.717) is 11.8 Å². The standard InChI is InChI=1S/2C19H21.Zr/c2*1-3-19(4-2,16-10-6-7-11-16)18-14-13-15-9-5-8-12-17(15)18;/h2*5-6,8-10,12-14,18H,3-4,7H2,1-2H3;. The molecule has 198 valence electrons. The molecule has 39 heavy (non-hydrogen) atoms. The van der Waals surface area contributed by atoms with Crippen molar-refractivity contribution in [2.45, 2.75) is 78.1 Å². The molecule has 0 bridgehead atoms. The van der Waals surface area contributed by atoms with Gasteiger partial charge in [-0.25, -0.2) is 0 Å². The topological polar surface area (TPSA) is 0 Å². The Kier molecular flexibility index (Phi) is 7.58. The molecule has 0 fully saturated rings. The van der Waals surface area contributed by atoms with Gasteiger partial charge in [-0.05, 0) is 0 Å². The van der Waals surface area contributed by atoms with Gasteiger partial charge in [0, 0.05) is 0 Å². The number of fused-ring (bicyclic) bond motifs is 2. The fourth-order valence-electron chi connectivity index (χ4n) is 8.30. The van der Waals surface area contributed by atoms with E-state index in [-0.39, 0.29) is 10.8 Å². The Morgan fingerprint density at radius 2 is 1.00 bits per heavy atom. The number of benzene rings is 2. The van der Waals surface area contributed by atoms with Crippen LogP contribution in [0, 0.1) is 10.8 Å². The molecular weight excluding hydrogens is 548 g/mol. The second-order valence-electron chi connectivity index (χ2n) is 11.8. The molecule has 2 atom stereocenters. The van der Waals surface area contributed by atoms with Gasteiger partial charge in [0.05, 0.1) is 0 Å². The fourth-order valence-corrected chi connectivity index (χ4v) is 12.6. The summed E-state index contributed by atoms with van der Waals surface area (Å²) < 4.78 is 3.67. The summed E-state index contributed by atoms with van der Waals surface area (Å²) in [7, 11) is 0. The molecule has 6 rings (SSSR count). The molecule has 2 unspecified atom stereocenters. The quantitative estimate of drug-likeness (QED) is 0.259. The normalized spacial score (nSPS) is 21.4. The van der Waals surface area contributed by atoms with Gasteiger partial charge >= 0.3 is 249 Å². The minimum atomic E-state index is -0.919. The zero-order valence-electron chi connectivity index (χ0n) is 24.1. The van der Waals surface area contributed by atoms with Crippen molar-refractivity contribution in [1.82, 2.24) is 0 Å². The fraction of sp³-hybridized carbons (Fsp3) is 0.368. The minimum absolute atomic E-state index is 0.193. The molecule has 0 spiro atoms. The summed E-state index contributed by atoms with van der Waals surface area (Å²) in [4.78, 5) is 0. The Bertz CT molecular complexity index is 1320. The Balaban J connectivity index is 1.41. The SMILES string of the molecule is CCC(CC)(C1=[C]([Zr][C]2=C(C(CC)(CC)C3C=Cc4ccccc43)C=CC2)CC=C1)C1C=Cc2ccccc21. The van der Waals surface area contributed by atoms with Crippen molar-refractivity contribution in [1.29, 1.82) is 0 Å². The van der Waals surface area contributed by atoms with Crippen LogP contribution in [-0.4, -0.2) is 0 Å². The molecule has 2 aromatic carbocycles. The second kappa shape index (κ2) is 11.0. The predicted molar refractivity (Wildman–Crippen MR) is 164 cm³/mol. The van der Waals surface area contributed by atoms with Crippen LogP contribution in [0.3, 0.4) is 0 Å². The summed E-state index contributed by atoms with van der Waals surface area (Å²) in [6, 6.07) is 18.2. The Morgan fingerprint density at radius 3 is 1.41 bits per heavy atom. The van der Waals surface area contributed by atoms with E-state index in [1.165, 1.54) is 60.8 Å². The maximum absolute atomic E-state index is 2.55. The van der Waals surface area contributed by atoms with E-state index in [0.717, 1.165) is 0 Å². The maximum atomic E-state index is 2.55. The number of hydrogen-bond donors (Lipinski definition) is 0. The summed E-state index contributed by atoms with van der Waals surface area (Å²) in [5.74, 6) is 0.966. The van der Waals surface area contributed by atoms with Crippen molar-refractivity contribution in [3.05, 3.63) is 125 Å². The average molecular weight is 590 g/mol. The first-order valence-electron chi connectivity index (χ1n) is 15.2. The van der Waals surface area contributed by atoms with E-state index < -0.39 is 23.2 Å². The number of rotatable bonds is 10. The molecule has 2 aromatic rings. The third kappa shape index (κ3) is 4.27. The van der Waals surface area contributed by atoms with Crippen molar-refractivity contribution in [2.24, 2.45) is 10.8 Å². The Hall–Kier alpha value is -2.24. The molecule has 0 saturated carbocycles. The van der Waals surface area contributed by atoms with Gasteiger partial charge in [0.25, 0.3) is 0 Å². The van der Waals surface area contributed by atoms with E-state index >= 15 is 0 Å². The molecule has 0 aromatic heterocycles. The third-order valence-electron chi connectivity index (χ3n) is 10.6. The molecule has 1 heteroatoms. The van der Waals surface area contributed by atoms with Gasteiger partial charge in [-0.15, -0.1) is 0 Å². The van der Waals surface area contributed by atoms with E-state index in [1.54, 1.807) is 11.1 Å². The van der Waals surface area contributed by atoms with Gasteiger partial charge in [0.2, 0.25) is 0 Å². The van der Waals surface area contributed by atoms with Crippen LogP contribution < -0.4 is 0 Å². The first-order valence-corrected chi connectivity index (χ1v) is 17.7. The van der Waals surface area contributed by atoms with Gasteiger partial charge in [0.1, 0.15) is 0 Å². The van der Waals surface area contributed by atoms with Gasteiger partial charge < -0.3 is 0 Å². The van der Waals surface area contributed by atoms with E-state index in [4.69, 9.17) is 0 Å². The molecule has 0 N–H and O–H groups in total. The molecule has 0 nitrogen and oxygen atoms in total. The van der Waals surface area contributed by atoms with Gasteiger partial charge in [-0.2, -0.15) is 0 Å². The summed E-state index contributed by atoms with van der Waals surface area (Å²) in [6.07, 6.45) is 27.0. The van der Waals surface area contributed by atoms with Gasteiger partial charge in [0.15, 0.2) is 0 Å². The van der Waals surface area contributed by atoms with Gasteiger partial charge in [-0.3, -0.25) is 0 Å². The van der Waals surface area contributed by atoms with E-state index in [1.807, 2.05) is 6.56 Å². The van der Waals surface area contributed by atoms with Crippen molar-refractivity contribution < 1.29 is 23.2 Å². The van der Waals surface area contributed by atoms with Crippen LogP contribution in [0.2, 0.25) is 0 Å². The van der Waals surface area contributed by atoms with Crippen LogP contribution in [0.1, 0.15) is 100 Å². The van der Waals surface area contributed by atoms with Crippen molar-refractivity contribution >= 4 is 12.2 Å². The molecular formula is C38H42Zr. The predicted octanol–water partition coefficient (Wildman–Crippen LogP) is 10.7. The summed E-state index contributed by atoms with van der Waals surface area (Å²) in [6.45, 7) is 9.74. The Morgan fingerprint density at radius 1 is 0.590 bits per heavy atom. The first-order chi connectivity index (χ1) is 19.1. The van der Waals surface area contributed by atoms with Crippen LogP contribution >= 0.6 is 0 Å². The van der Waals surface area contributed by atoms with Crippen LogP contribution in [0.4, 0.5) is 0 Å². The van der Waals surface area contributed by atoms with Crippen molar-refractivity contribution in [3.8, 4) is 0 Å². The Labute approximate surface area is 248 Å². The number of allylic oxidation sites excluding steroid dienone is 10. The van der Waals surface area contributed by atoms with E-state index in [2.05, 4.69) is 125 Å². The van der Waals surface area contributed by atoms with Crippen LogP contribution in [-0.2, 0) is 23.2 Å². The monoisotopic (exact) mass is 588 g/mol. The zero-order chi connectivity index (χ0) is 27.0. The molecule has 0 heterocycles. The van der Waals surface area contributed by atoms with Crippen molar-refractivity contribution in [3.63, 3.8) is 0 Å². The summed E-state index contributed by atoms with van der Waals surface area (Å²) in [5, 5.41) is 0. The van der Waals surface area contributed by atoms with Crippen molar-refractivity contribution in [2.75, 3.05) is 0 Å². The molecule has 0 aliphatic heterocycles. The third-order valence-corrected chi connectivity index (χ3v) is 14.4. The molecule has 0 saturated heterocycles. The average Bonchev–Trinajstić information content (AvgIpc) is 3.79. The van der Waals surface area contributed by atoms with Crippen LogP contribution in [0.25, 0.3) is 12.2 Å².